The van der Waals surface area contributed by atoms with Gasteiger partial charge in [0.15, 0.2) is 17.4 Å². The summed E-state index contributed by atoms with van der Waals surface area (Å²) in [5, 5.41) is 12.4. The number of rotatable bonds is 11. The standard InChI is InChI=1S/C27H30ClN3O5/c1-5-31-14-23(29-26(31)17(4)33)19-8-6-18(7-9-19)12-22(24(34)15-32)30-27(35)20-10-11-25(21(28)13-20)36-16(2)3/h6-11,13-14,16,22,32H,5,12,15H2,1-4H3,(H,30,35)/t22-/m0/s1. The lowest BCUT2D eigenvalue weighted by atomic mass is 10.00. The molecule has 3 aromatic rings. The van der Waals surface area contributed by atoms with Gasteiger partial charge in [0, 0.05) is 30.8 Å². The van der Waals surface area contributed by atoms with Gasteiger partial charge < -0.3 is 19.7 Å². The number of nitrogens with one attached hydrogen (secondary N) is 1. The Kier molecular flexibility index (Phi) is 9.01. The number of halogens is 1. The number of ketones is 2. The minimum Gasteiger partial charge on any atom is -0.489 e. The predicted octanol–water partition coefficient (Wildman–Crippen LogP) is 4.12. The van der Waals surface area contributed by atoms with Crippen LogP contribution in [0.15, 0.2) is 48.7 Å². The Hall–Kier alpha value is -3.49. The molecule has 0 unspecified atom stereocenters. The minimum atomic E-state index is -0.928. The fraction of sp³-hybridized carbons (Fsp3) is 0.333. The second-order valence-electron chi connectivity index (χ2n) is 8.66. The molecule has 0 saturated heterocycles. The molecule has 0 aliphatic carbocycles. The maximum atomic E-state index is 12.8. The van der Waals surface area contributed by atoms with Crippen molar-refractivity contribution in [3.8, 4) is 17.0 Å². The lowest BCUT2D eigenvalue weighted by Crippen LogP contribution is -2.43. The summed E-state index contributed by atoms with van der Waals surface area (Å²) in [6, 6.07) is 11.1. The van der Waals surface area contributed by atoms with E-state index in [1.807, 2.05) is 51.2 Å². The van der Waals surface area contributed by atoms with Gasteiger partial charge in [0.1, 0.15) is 12.4 Å². The second kappa shape index (κ2) is 12.0. The van der Waals surface area contributed by atoms with Gasteiger partial charge in [-0.1, -0.05) is 35.9 Å². The highest BCUT2D eigenvalue weighted by Crippen LogP contribution is 2.26. The maximum absolute atomic E-state index is 12.8. The van der Waals surface area contributed by atoms with Crippen molar-refractivity contribution < 1.29 is 24.2 Å². The van der Waals surface area contributed by atoms with Gasteiger partial charge in [0.2, 0.25) is 0 Å². The van der Waals surface area contributed by atoms with Crippen molar-refractivity contribution in [3.63, 3.8) is 0 Å². The number of aliphatic hydroxyl groups excluding tert-OH is 1. The molecular formula is C27H30ClN3O5. The third kappa shape index (κ3) is 6.59. The van der Waals surface area contributed by atoms with Crippen molar-refractivity contribution in [1.82, 2.24) is 14.9 Å². The molecule has 2 aromatic carbocycles. The van der Waals surface area contributed by atoms with E-state index >= 15 is 0 Å². The quantitative estimate of drug-likeness (QED) is 0.375. The number of amides is 1. The number of benzene rings is 2. The van der Waals surface area contributed by atoms with Gasteiger partial charge in [0.05, 0.1) is 22.9 Å². The normalized spacial score (nSPS) is 11.9. The van der Waals surface area contributed by atoms with E-state index in [-0.39, 0.29) is 28.9 Å². The number of nitrogens with zero attached hydrogens (tertiary/aromatic N) is 2. The highest BCUT2D eigenvalue weighted by Gasteiger charge is 2.22. The number of carbonyl (C=O) groups excluding carboxylic acids is 3. The molecule has 1 atom stereocenters. The first-order valence-corrected chi connectivity index (χ1v) is 12.1. The van der Waals surface area contributed by atoms with Crippen LogP contribution >= 0.6 is 11.6 Å². The Balaban J connectivity index is 1.75. The molecule has 0 spiro atoms. The fourth-order valence-corrected chi connectivity index (χ4v) is 3.94. The summed E-state index contributed by atoms with van der Waals surface area (Å²) < 4.78 is 7.39. The molecule has 0 radical (unpaired) electrons. The van der Waals surface area contributed by atoms with Crippen molar-refractivity contribution in [1.29, 1.82) is 0 Å². The van der Waals surface area contributed by atoms with Crippen molar-refractivity contribution in [2.75, 3.05) is 6.61 Å². The summed E-state index contributed by atoms with van der Waals surface area (Å²) >= 11 is 6.24. The molecule has 0 aliphatic heterocycles. The van der Waals surface area contributed by atoms with Crippen LogP contribution in [0.1, 0.15) is 54.2 Å². The van der Waals surface area contributed by atoms with Crippen LogP contribution in [0.5, 0.6) is 5.75 Å². The Morgan fingerprint density at radius 2 is 1.83 bits per heavy atom. The highest BCUT2D eigenvalue weighted by molar-refractivity contribution is 6.32. The number of aryl methyl sites for hydroxylation is 1. The molecular weight excluding hydrogens is 482 g/mol. The first-order valence-electron chi connectivity index (χ1n) is 11.7. The SMILES string of the molecule is CCn1cc(-c2ccc(C[C@H](NC(=O)c3ccc(OC(C)C)c(Cl)c3)C(=O)CO)cc2)nc1C(C)=O. The molecule has 1 aromatic heterocycles. The average molecular weight is 512 g/mol. The van der Waals surface area contributed by atoms with Crippen LogP contribution in [-0.4, -0.2) is 50.9 Å². The van der Waals surface area contributed by atoms with Gasteiger partial charge in [-0.05, 0) is 51.0 Å². The first-order chi connectivity index (χ1) is 17.1. The van der Waals surface area contributed by atoms with Crippen molar-refractivity contribution in [2.24, 2.45) is 0 Å². The number of ether oxygens (including phenoxy) is 1. The van der Waals surface area contributed by atoms with Crippen molar-refractivity contribution in [3.05, 3.63) is 70.6 Å². The maximum Gasteiger partial charge on any atom is 0.251 e. The van der Waals surface area contributed by atoms with E-state index in [2.05, 4.69) is 10.3 Å². The van der Waals surface area contributed by atoms with Gasteiger partial charge in [-0.2, -0.15) is 0 Å². The summed E-state index contributed by atoms with van der Waals surface area (Å²) in [6.07, 6.45) is 1.95. The predicted molar refractivity (Wildman–Crippen MR) is 138 cm³/mol. The number of carbonyl (C=O) groups is 3. The number of hydrogen-bond donors (Lipinski definition) is 2. The van der Waals surface area contributed by atoms with Crippen LogP contribution in [0.2, 0.25) is 5.02 Å². The molecule has 0 saturated carbocycles. The van der Waals surface area contributed by atoms with Crippen LogP contribution < -0.4 is 10.1 Å². The molecule has 8 nitrogen and oxygen atoms in total. The molecule has 0 aliphatic rings. The zero-order valence-corrected chi connectivity index (χ0v) is 21.5. The van der Waals surface area contributed by atoms with E-state index in [4.69, 9.17) is 16.3 Å². The van der Waals surface area contributed by atoms with Gasteiger partial charge in [-0.25, -0.2) is 4.98 Å². The fourth-order valence-electron chi connectivity index (χ4n) is 3.71. The molecule has 0 fully saturated rings. The number of hydrogen-bond acceptors (Lipinski definition) is 6. The first kappa shape index (κ1) is 27.1. The van der Waals surface area contributed by atoms with E-state index < -0.39 is 24.3 Å². The lowest BCUT2D eigenvalue weighted by Gasteiger charge is -2.18. The van der Waals surface area contributed by atoms with Crippen molar-refractivity contribution in [2.45, 2.75) is 52.8 Å². The van der Waals surface area contributed by atoms with Crippen LogP contribution in [0.4, 0.5) is 0 Å². The van der Waals surface area contributed by atoms with E-state index in [1.165, 1.54) is 13.0 Å². The number of aliphatic hydroxyl groups is 1. The minimum absolute atomic E-state index is 0.0707. The molecule has 1 heterocycles. The Morgan fingerprint density at radius 1 is 1.14 bits per heavy atom. The second-order valence-corrected chi connectivity index (χ2v) is 9.06. The summed E-state index contributed by atoms with van der Waals surface area (Å²) in [4.78, 5) is 41.5. The number of imidazole rings is 1. The summed E-state index contributed by atoms with van der Waals surface area (Å²) in [6.45, 7) is 7.09. The van der Waals surface area contributed by atoms with Crippen LogP contribution in [0.25, 0.3) is 11.3 Å². The van der Waals surface area contributed by atoms with E-state index in [1.54, 1.807) is 16.7 Å². The molecule has 36 heavy (non-hydrogen) atoms. The van der Waals surface area contributed by atoms with Gasteiger partial charge in [-0.3, -0.25) is 14.4 Å². The summed E-state index contributed by atoms with van der Waals surface area (Å²) in [7, 11) is 0. The van der Waals surface area contributed by atoms with Crippen LogP contribution in [0, 0.1) is 0 Å². The largest absolute Gasteiger partial charge is 0.489 e. The van der Waals surface area contributed by atoms with E-state index in [0.717, 1.165) is 11.1 Å². The number of aromatic nitrogens is 2. The van der Waals surface area contributed by atoms with Crippen LogP contribution in [-0.2, 0) is 17.8 Å². The average Bonchev–Trinajstić information content (AvgIpc) is 3.29. The summed E-state index contributed by atoms with van der Waals surface area (Å²) in [5.41, 5.74) is 2.55. The van der Waals surface area contributed by atoms with Gasteiger partial charge in [0.25, 0.3) is 5.91 Å². The Morgan fingerprint density at radius 3 is 2.36 bits per heavy atom. The van der Waals surface area contributed by atoms with Gasteiger partial charge in [-0.15, -0.1) is 0 Å². The zero-order valence-electron chi connectivity index (χ0n) is 20.7. The lowest BCUT2D eigenvalue weighted by molar-refractivity contribution is -0.123. The summed E-state index contributed by atoms with van der Waals surface area (Å²) in [5.74, 6) is -0.240. The smallest absolute Gasteiger partial charge is 0.251 e. The molecule has 0 bridgehead atoms. The molecule has 9 heteroatoms. The zero-order chi connectivity index (χ0) is 26.4. The number of Topliss-reactive ketones (excluding diaryl/α,β-unsaturated/α-hetero) is 2. The molecule has 1 amide bonds. The van der Waals surface area contributed by atoms with E-state index in [0.29, 0.717) is 23.8 Å². The third-order valence-electron chi connectivity index (χ3n) is 5.53. The van der Waals surface area contributed by atoms with Crippen LogP contribution in [0.3, 0.4) is 0 Å². The molecule has 190 valence electrons. The van der Waals surface area contributed by atoms with Crippen molar-refractivity contribution >= 4 is 29.1 Å². The topological polar surface area (TPSA) is 111 Å². The monoisotopic (exact) mass is 511 g/mol. The Bertz CT molecular complexity index is 1250. The molecule has 2 N–H and O–H groups in total. The Labute approximate surface area is 215 Å². The third-order valence-corrected chi connectivity index (χ3v) is 5.82. The van der Waals surface area contributed by atoms with Gasteiger partial charge >= 0.3 is 0 Å². The highest BCUT2D eigenvalue weighted by atomic mass is 35.5. The van der Waals surface area contributed by atoms with E-state index in [9.17, 15) is 19.5 Å². The molecule has 3 rings (SSSR count).